The van der Waals surface area contributed by atoms with Crippen molar-refractivity contribution in [1.29, 1.82) is 0 Å². The van der Waals surface area contributed by atoms with Gasteiger partial charge in [0.05, 0.1) is 6.61 Å². The normalized spacial score (nSPS) is 17.8. The van der Waals surface area contributed by atoms with Crippen LogP contribution in [0.15, 0.2) is 0 Å². The van der Waals surface area contributed by atoms with E-state index in [1.165, 1.54) is 12.8 Å². The first-order valence-corrected chi connectivity index (χ1v) is 7.73. The molecule has 1 atom stereocenters. The molecule has 1 rings (SSSR count). The zero-order chi connectivity index (χ0) is 15.2. The SMILES string of the molecule is CCCOC(=O)C(CC1CCCC1)C(=O)OC(C)(C)C. The summed E-state index contributed by atoms with van der Waals surface area (Å²) in [6, 6.07) is 0. The summed E-state index contributed by atoms with van der Waals surface area (Å²) in [5, 5.41) is 0. The molecule has 0 bridgehead atoms. The largest absolute Gasteiger partial charge is 0.465 e. The van der Waals surface area contributed by atoms with Crippen LogP contribution in [0.1, 0.15) is 66.2 Å². The maximum Gasteiger partial charge on any atom is 0.320 e. The average Bonchev–Trinajstić information content (AvgIpc) is 2.83. The van der Waals surface area contributed by atoms with Crippen molar-refractivity contribution in [2.75, 3.05) is 6.61 Å². The molecule has 1 saturated carbocycles. The van der Waals surface area contributed by atoms with Crippen LogP contribution in [-0.2, 0) is 19.1 Å². The van der Waals surface area contributed by atoms with E-state index >= 15 is 0 Å². The maximum absolute atomic E-state index is 12.2. The van der Waals surface area contributed by atoms with Crippen LogP contribution in [0, 0.1) is 11.8 Å². The molecule has 0 radical (unpaired) electrons. The summed E-state index contributed by atoms with van der Waals surface area (Å²) in [5.41, 5.74) is -0.573. The molecule has 1 aliphatic carbocycles. The summed E-state index contributed by atoms with van der Waals surface area (Å²) >= 11 is 0. The second kappa shape index (κ2) is 7.65. The average molecular weight is 284 g/mol. The Morgan fingerprint density at radius 1 is 1.15 bits per heavy atom. The summed E-state index contributed by atoms with van der Waals surface area (Å²) in [7, 11) is 0. The first-order valence-electron chi connectivity index (χ1n) is 7.73. The zero-order valence-electron chi connectivity index (χ0n) is 13.2. The van der Waals surface area contributed by atoms with Gasteiger partial charge in [-0.05, 0) is 39.5 Å². The summed E-state index contributed by atoms with van der Waals surface area (Å²) in [5.74, 6) is -1.18. The number of hydrogen-bond donors (Lipinski definition) is 0. The molecule has 20 heavy (non-hydrogen) atoms. The molecule has 0 aromatic carbocycles. The Morgan fingerprint density at radius 2 is 1.75 bits per heavy atom. The Labute approximate surface area is 122 Å². The van der Waals surface area contributed by atoms with Crippen LogP contribution in [0.5, 0.6) is 0 Å². The Kier molecular flexibility index (Phi) is 6.50. The molecule has 4 nitrogen and oxygen atoms in total. The highest BCUT2D eigenvalue weighted by molar-refractivity contribution is 5.95. The van der Waals surface area contributed by atoms with Gasteiger partial charge in [0.25, 0.3) is 0 Å². The summed E-state index contributed by atoms with van der Waals surface area (Å²) in [4.78, 5) is 24.3. The number of carbonyl (C=O) groups excluding carboxylic acids is 2. The molecule has 0 saturated heterocycles. The third-order valence-corrected chi connectivity index (χ3v) is 3.47. The van der Waals surface area contributed by atoms with Crippen molar-refractivity contribution in [2.45, 2.75) is 71.8 Å². The second-order valence-corrected chi connectivity index (χ2v) is 6.64. The second-order valence-electron chi connectivity index (χ2n) is 6.64. The molecule has 116 valence electrons. The zero-order valence-corrected chi connectivity index (χ0v) is 13.2. The van der Waals surface area contributed by atoms with Crippen molar-refractivity contribution < 1.29 is 19.1 Å². The van der Waals surface area contributed by atoms with E-state index in [1.54, 1.807) is 0 Å². The van der Waals surface area contributed by atoms with Crippen molar-refractivity contribution in [3.63, 3.8) is 0 Å². The molecular formula is C16H28O4. The van der Waals surface area contributed by atoms with Crippen molar-refractivity contribution in [2.24, 2.45) is 11.8 Å². The van der Waals surface area contributed by atoms with Gasteiger partial charge in [-0.25, -0.2) is 0 Å². The Bertz CT molecular complexity index is 324. The van der Waals surface area contributed by atoms with E-state index in [4.69, 9.17) is 9.47 Å². The molecule has 1 aliphatic rings. The molecule has 0 N–H and O–H groups in total. The number of carbonyl (C=O) groups is 2. The summed E-state index contributed by atoms with van der Waals surface area (Å²) in [6.45, 7) is 7.74. The smallest absolute Gasteiger partial charge is 0.320 e. The maximum atomic E-state index is 12.2. The van der Waals surface area contributed by atoms with Crippen molar-refractivity contribution >= 4 is 11.9 Å². The van der Waals surface area contributed by atoms with Crippen molar-refractivity contribution in [1.82, 2.24) is 0 Å². The van der Waals surface area contributed by atoms with E-state index in [-0.39, 0.29) is 0 Å². The van der Waals surface area contributed by atoms with Gasteiger partial charge >= 0.3 is 11.9 Å². The predicted octanol–water partition coefficient (Wildman–Crippen LogP) is 3.48. The van der Waals surface area contributed by atoms with Gasteiger partial charge in [-0.2, -0.15) is 0 Å². The lowest BCUT2D eigenvalue weighted by Gasteiger charge is -2.24. The summed E-state index contributed by atoms with van der Waals surface area (Å²) < 4.78 is 10.5. The molecule has 0 aromatic heterocycles. The lowest BCUT2D eigenvalue weighted by atomic mass is 9.93. The predicted molar refractivity (Wildman–Crippen MR) is 77.2 cm³/mol. The molecule has 0 amide bonds. The highest BCUT2D eigenvalue weighted by Gasteiger charge is 2.35. The first-order chi connectivity index (χ1) is 9.33. The third kappa shape index (κ3) is 5.93. The molecule has 1 fully saturated rings. The number of ether oxygens (including phenoxy) is 2. The fourth-order valence-electron chi connectivity index (χ4n) is 2.54. The van der Waals surface area contributed by atoms with Gasteiger partial charge < -0.3 is 9.47 Å². The van der Waals surface area contributed by atoms with Gasteiger partial charge in [-0.1, -0.05) is 32.6 Å². The topological polar surface area (TPSA) is 52.6 Å². The van der Waals surface area contributed by atoms with E-state index in [1.807, 2.05) is 27.7 Å². The standard InChI is InChI=1S/C16H28O4/c1-5-10-19-14(17)13(11-12-8-6-7-9-12)15(18)20-16(2,3)4/h12-13H,5-11H2,1-4H3. The van der Waals surface area contributed by atoms with Crippen LogP contribution >= 0.6 is 0 Å². The quantitative estimate of drug-likeness (QED) is 0.553. The van der Waals surface area contributed by atoms with Gasteiger partial charge in [0.1, 0.15) is 5.60 Å². The number of esters is 2. The molecule has 0 aromatic rings. The van der Waals surface area contributed by atoms with Crippen molar-refractivity contribution in [3.05, 3.63) is 0 Å². The lowest BCUT2D eigenvalue weighted by molar-refractivity contribution is -0.170. The molecule has 4 heteroatoms. The Morgan fingerprint density at radius 3 is 2.25 bits per heavy atom. The number of hydrogen-bond acceptors (Lipinski definition) is 4. The van der Waals surface area contributed by atoms with E-state index in [0.717, 1.165) is 19.3 Å². The first kappa shape index (κ1) is 17.0. The molecule has 0 heterocycles. The minimum atomic E-state index is -0.760. The van der Waals surface area contributed by atoms with Gasteiger partial charge in [0, 0.05) is 0 Å². The fraction of sp³-hybridized carbons (Fsp3) is 0.875. The minimum Gasteiger partial charge on any atom is -0.465 e. The van der Waals surface area contributed by atoms with Crippen LogP contribution < -0.4 is 0 Å². The summed E-state index contributed by atoms with van der Waals surface area (Å²) in [6.07, 6.45) is 5.90. The van der Waals surface area contributed by atoms with E-state index in [9.17, 15) is 9.59 Å². The third-order valence-electron chi connectivity index (χ3n) is 3.47. The van der Waals surface area contributed by atoms with Gasteiger partial charge in [-0.3, -0.25) is 9.59 Å². The van der Waals surface area contributed by atoms with Crippen LogP contribution in [0.25, 0.3) is 0 Å². The van der Waals surface area contributed by atoms with Crippen LogP contribution in [0.3, 0.4) is 0 Å². The molecule has 1 unspecified atom stereocenters. The van der Waals surface area contributed by atoms with E-state index < -0.39 is 23.5 Å². The van der Waals surface area contributed by atoms with E-state index in [2.05, 4.69) is 0 Å². The highest BCUT2D eigenvalue weighted by Crippen LogP contribution is 2.31. The van der Waals surface area contributed by atoms with E-state index in [0.29, 0.717) is 18.9 Å². The van der Waals surface area contributed by atoms with Crippen molar-refractivity contribution in [3.8, 4) is 0 Å². The lowest BCUT2D eigenvalue weighted by Crippen LogP contribution is -2.35. The van der Waals surface area contributed by atoms with Crippen LogP contribution in [0.2, 0.25) is 0 Å². The highest BCUT2D eigenvalue weighted by atomic mass is 16.6. The van der Waals surface area contributed by atoms with Gasteiger partial charge in [0.15, 0.2) is 5.92 Å². The molecule has 0 aliphatic heterocycles. The van der Waals surface area contributed by atoms with Crippen LogP contribution in [-0.4, -0.2) is 24.1 Å². The monoisotopic (exact) mass is 284 g/mol. The Hall–Kier alpha value is -1.06. The minimum absolute atomic E-state index is 0.364. The molecule has 0 spiro atoms. The van der Waals surface area contributed by atoms with Gasteiger partial charge in [-0.15, -0.1) is 0 Å². The van der Waals surface area contributed by atoms with Crippen LogP contribution in [0.4, 0.5) is 0 Å². The fourth-order valence-corrected chi connectivity index (χ4v) is 2.54. The molecular weight excluding hydrogens is 256 g/mol. The van der Waals surface area contributed by atoms with Gasteiger partial charge in [0.2, 0.25) is 0 Å². The number of rotatable bonds is 6. The Balaban J connectivity index is 2.66.